The first-order valence-corrected chi connectivity index (χ1v) is 16.6. The number of anilines is 1. The van der Waals surface area contributed by atoms with Gasteiger partial charge in [-0.25, -0.2) is 8.42 Å². The van der Waals surface area contributed by atoms with Crippen LogP contribution >= 0.6 is 23.2 Å². The molecule has 0 saturated carbocycles. The van der Waals surface area contributed by atoms with E-state index in [0.29, 0.717) is 34.3 Å². The first-order chi connectivity index (χ1) is 21.6. The van der Waals surface area contributed by atoms with Crippen molar-refractivity contribution < 1.29 is 22.7 Å². The number of hydrogen-bond acceptors (Lipinski definition) is 5. The number of nitrogens with one attached hydrogen (secondary N) is 1. The summed E-state index contributed by atoms with van der Waals surface area (Å²) in [5.41, 5.74) is 1.48. The van der Waals surface area contributed by atoms with Crippen molar-refractivity contribution in [3.8, 4) is 5.75 Å². The molecule has 0 bridgehead atoms. The summed E-state index contributed by atoms with van der Waals surface area (Å²) in [5.74, 6) is -0.592. The SMILES string of the molecule is CCCNC(=O)[C@H](Cc1ccccc1)N(Cc1c(Cl)cccc1Cl)C(=O)CN(c1cccc(OC)c1)S(=O)(=O)c1ccccc1. The van der Waals surface area contributed by atoms with Crippen LogP contribution in [-0.4, -0.2) is 51.4 Å². The predicted molar refractivity (Wildman–Crippen MR) is 178 cm³/mol. The number of nitrogens with zero attached hydrogens (tertiary/aromatic N) is 2. The zero-order chi connectivity index (χ0) is 32.4. The number of sulfonamides is 1. The zero-order valence-corrected chi connectivity index (χ0v) is 27.4. The topological polar surface area (TPSA) is 96.0 Å². The highest BCUT2D eigenvalue weighted by atomic mass is 35.5. The van der Waals surface area contributed by atoms with Crippen LogP contribution in [0.4, 0.5) is 5.69 Å². The molecule has 0 radical (unpaired) electrons. The normalized spacial score (nSPS) is 11.8. The van der Waals surface area contributed by atoms with E-state index in [4.69, 9.17) is 27.9 Å². The molecule has 0 spiro atoms. The summed E-state index contributed by atoms with van der Waals surface area (Å²) in [4.78, 5) is 29.6. The lowest BCUT2D eigenvalue weighted by Crippen LogP contribution is -2.53. The van der Waals surface area contributed by atoms with E-state index < -0.39 is 28.5 Å². The Morgan fingerprint density at radius 2 is 1.49 bits per heavy atom. The average Bonchev–Trinajstić information content (AvgIpc) is 3.06. The lowest BCUT2D eigenvalue weighted by atomic mass is 10.0. The Bertz CT molecular complexity index is 1690. The van der Waals surface area contributed by atoms with Gasteiger partial charge in [-0.05, 0) is 48.4 Å². The van der Waals surface area contributed by atoms with Gasteiger partial charge in [-0.3, -0.25) is 13.9 Å². The van der Waals surface area contributed by atoms with E-state index >= 15 is 0 Å². The van der Waals surface area contributed by atoms with Crippen molar-refractivity contribution in [2.45, 2.75) is 37.2 Å². The van der Waals surface area contributed by atoms with Gasteiger partial charge in [0.15, 0.2) is 0 Å². The van der Waals surface area contributed by atoms with E-state index in [1.165, 1.54) is 24.1 Å². The van der Waals surface area contributed by atoms with Gasteiger partial charge in [0.05, 0.1) is 17.7 Å². The van der Waals surface area contributed by atoms with Gasteiger partial charge in [0, 0.05) is 41.2 Å². The highest BCUT2D eigenvalue weighted by Crippen LogP contribution is 2.30. The number of halogens is 2. The molecule has 4 aromatic carbocycles. The van der Waals surface area contributed by atoms with Crippen LogP contribution in [0.15, 0.2) is 108 Å². The van der Waals surface area contributed by atoms with Crippen LogP contribution in [-0.2, 0) is 32.6 Å². The van der Waals surface area contributed by atoms with Crippen molar-refractivity contribution in [3.63, 3.8) is 0 Å². The second kappa shape index (κ2) is 15.8. The van der Waals surface area contributed by atoms with E-state index in [1.807, 2.05) is 37.3 Å². The molecule has 0 aliphatic carbocycles. The van der Waals surface area contributed by atoms with Crippen molar-refractivity contribution in [3.05, 3.63) is 124 Å². The van der Waals surface area contributed by atoms with E-state index in [1.54, 1.807) is 60.7 Å². The minimum absolute atomic E-state index is 0.00263. The van der Waals surface area contributed by atoms with Gasteiger partial charge in [-0.2, -0.15) is 0 Å². The highest BCUT2D eigenvalue weighted by Gasteiger charge is 2.35. The molecule has 236 valence electrons. The van der Waals surface area contributed by atoms with Gasteiger partial charge in [0.25, 0.3) is 10.0 Å². The lowest BCUT2D eigenvalue weighted by Gasteiger charge is -2.34. The molecule has 0 fully saturated rings. The monoisotopic (exact) mass is 667 g/mol. The van der Waals surface area contributed by atoms with Crippen LogP contribution in [0, 0.1) is 0 Å². The smallest absolute Gasteiger partial charge is 0.264 e. The summed E-state index contributed by atoms with van der Waals surface area (Å²) in [6.07, 6.45) is 0.863. The Morgan fingerprint density at radius 1 is 0.867 bits per heavy atom. The molecule has 4 rings (SSSR count). The molecular formula is C34H35Cl2N3O5S. The van der Waals surface area contributed by atoms with Crippen molar-refractivity contribution in [2.75, 3.05) is 24.5 Å². The second-order valence-corrected chi connectivity index (χ2v) is 12.9. The van der Waals surface area contributed by atoms with E-state index in [2.05, 4.69) is 5.32 Å². The number of carbonyl (C=O) groups excluding carboxylic acids is 2. The average molecular weight is 669 g/mol. The van der Waals surface area contributed by atoms with Crippen molar-refractivity contribution >= 4 is 50.7 Å². The summed E-state index contributed by atoms with van der Waals surface area (Å²) < 4.78 is 34.6. The predicted octanol–water partition coefficient (Wildman–Crippen LogP) is 6.36. The molecule has 0 aromatic heterocycles. The third-order valence-corrected chi connectivity index (χ3v) is 9.66. The number of ether oxygens (including phenoxy) is 1. The van der Waals surface area contributed by atoms with Crippen molar-refractivity contribution in [2.24, 2.45) is 0 Å². The number of rotatable bonds is 14. The molecule has 0 saturated heterocycles. The van der Waals surface area contributed by atoms with Crippen LogP contribution in [0.2, 0.25) is 10.0 Å². The molecule has 11 heteroatoms. The maximum atomic E-state index is 14.5. The fourth-order valence-corrected chi connectivity index (χ4v) is 6.73. The fraction of sp³-hybridized carbons (Fsp3) is 0.235. The maximum absolute atomic E-state index is 14.5. The fourth-order valence-electron chi connectivity index (χ4n) is 4.79. The van der Waals surface area contributed by atoms with Crippen LogP contribution in [0.3, 0.4) is 0 Å². The molecule has 2 amide bonds. The van der Waals surface area contributed by atoms with Gasteiger partial charge in [0.2, 0.25) is 11.8 Å². The first kappa shape index (κ1) is 33.8. The zero-order valence-electron chi connectivity index (χ0n) is 25.0. The van der Waals surface area contributed by atoms with Crippen LogP contribution in [0.5, 0.6) is 5.75 Å². The van der Waals surface area contributed by atoms with Gasteiger partial charge >= 0.3 is 0 Å². The number of hydrogen-bond donors (Lipinski definition) is 1. The second-order valence-electron chi connectivity index (χ2n) is 10.2. The Morgan fingerprint density at radius 3 is 2.11 bits per heavy atom. The maximum Gasteiger partial charge on any atom is 0.264 e. The van der Waals surface area contributed by atoms with E-state index in [0.717, 1.165) is 9.87 Å². The van der Waals surface area contributed by atoms with E-state index in [9.17, 15) is 18.0 Å². The Balaban J connectivity index is 1.83. The molecule has 0 unspecified atom stereocenters. The van der Waals surface area contributed by atoms with Crippen LogP contribution in [0.25, 0.3) is 0 Å². The van der Waals surface area contributed by atoms with Crippen molar-refractivity contribution in [1.82, 2.24) is 10.2 Å². The molecule has 4 aromatic rings. The first-order valence-electron chi connectivity index (χ1n) is 14.4. The lowest BCUT2D eigenvalue weighted by molar-refractivity contribution is -0.140. The van der Waals surface area contributed by atoms with Crippen LogP contribution < -0.4 is 14.4 Å². The van der Waals surface area contributed by atoms with Gasteiger partial charge < -0.3 is 15.0 Å². The van der Waals surface area contributed by atoms with Crippen LogP contribution in [0.1, 0.15) is 24.5 Å². The molecule has 1 N–H and O–H groups in total. The molecule has 45 heavy (non-hydrogen) atoms. The largest absolute Gasteiger partial charge is 0.497 e. The van der Waals surface area contributed by atoms with Gasteiger partial charge in [-0.15, -0.1) is 0 Å². The highest BCUT2D eigenvalue weighted by molar-refractivity contribution is 7.92. The Kier molecular flexibility index (Phi) is 11.9. The van der Waals surface area contributed by atoms with Gasteiger partial charge in [0.1, 0.15) is 18.3 Å². The third kappa shape index (κ3) is 8.57. The molecule has 1 atom stereocenters. The summed E-state index contributed by atoms with van der Waals surface area (Å²) in [7, 11) is -2.77. The Hall–Kier alpha value is -4.05. The number of carbonyl (C=O) groups is 2. The van der Waals surface area contributed by atoms with Crippen molar-refractivity contribution in [1.29, 1.82) is 0 Å². The summed E-state index contributed by atoms with van der Waals surface area (Å²) in [6, 6.07) is 27.6. The Labute approximate surface area is 274 Å². The molecule has 0 aliphatic heterocycles. The molecule has 8 nitrogen and oxygen atoms in total. The molecule has 0 heterocycles. The van der Waals surface area contributed by atoms with Gasteiger partial charge in [-0.1, -0.05) is 90.8 Å². The quantitative estimate of drug-likeness (QED) is 0.169. The number of amides is 2. The van der Waals surface area contributed by atoms with E-state index in [-0.39, 0.29) is 29.5 Å². The summed E-state index contributed by atoms with van der Waals surface area (Å²) in [6.45, 7) is 1.58. The number of methoxy groups -OCH3 is 1. The minimum Gasteiger partial charge on any atom is -0.497 e. The molecular weight excluding hydrogens is 633 g/mol. The standard InChI is InChI=1S/C34H35Cl2N3O5S/c1-3-20-37-34(41)32(21-25-12-6-4-7-13-25)38(23-29-30(35)18-11-19-31(29)36)33(40)24-39(26-14-10-15-27(22-26)44-2)45(42,43)28-16-8-5-9-17-28/h4-19,22,32H,3,20-21,23-24H2,1-2H3,(H,37,41)/t32-/m0/s1. The summed E-state index contributed by atoms with van der Waals surface area (Å²) >= 11 is 13.1. The molecule has 0 aliphatic rings. The number of benzene rings is 4. The minimum atomic E-state index is -4.24. The summed E-state index contributed by atoms with van der Waals surface area (Å²) in [5, 5.41) is 3.54. The third-order valence-electron chi connectivity index (χ3n) is 7.16.